The molecule has 1 heterocycles. The highest BCUT2D eigenvalue weighted by atomic mass is 35.5. The third-order valence-electron chi connectivity index (χ3n) is 4.07. The van der Waals surface area contributed by atoms with Gasteiger partial charge in [0.2, 0.25) is 0 Å². The third-order valence-corrected chi connectivity index (χ3v) is 4.30. The lowest BCUT2D eigenvalue weighted by molar-refractivity contribution is 0.494. The molecule has 1 aromatic carbocycles. The van der Waals surface area contributed by atoms with E-state index in [0.29, 0.717) is 17.5 Å². The smallest absolute Gasteiger partial charge is 0.125 e. The molecule has 0 radical (unpaired) electrons. The molecule has 19 heavy (non-hydrogen) atoms. The van der Waals surface area contributed by atoms with Gasteiger partial charge in [-0.05, 0) is 37.3 Å². The van der Waals surface area contributed by atoms with E-state index in [1.54, 1.807) is 0 Å². The van der Waals surface area contributed by atoms with Crippen LogP contribution in [0.2, 0.25) is 0 Å². The molecular formula is C15H16ClN3. The molecule has 2 unspecified atom stereocenters. The van der Waals surface area contributed by atoms with Gasteiger partial charge in [-0.15, -0.1) is 11.6 Å². The lowest BCUT2D eigenvalue weighted by atomic mass is 10.1. The number of alkyl halides is 1. The summed E-state index contributed by atoms with van der Waals surface area (Å²) >= 11 is 6.05. The van der Waals surface area contributed by atoms with E-state index < -0.39 is 0 Å². The van der Waals surface area contributed by atoms with Gasteiger partial charge in [-0.25, -0.2) is 4.98 Å². The van der Waals surface area contributed by atoms with Crippen LogP contribution in [0.1, 0.15) is 43.6 Å². The Labute approximate surface area is 117 Å². The van der Waals surface area contributed by atoms with Crippen LogP contribution in [0.4, 0.5) is 0 Å². The molecule has 1 aromatic heterocycles. The molecule has 4 heteroatoms. The van der Waals surface area contributed by atoms with Gasteiger partial charge in [0, 0.05) is 6.04 Å². The predicted molar refractivity (Wildman–Crippen MR) is 76.1 cm³/mol. The molecule has 0 spiro atoms. The Morgan fingerprint density at radius 2 is 2.32 bits per heavy atom. The van der Waals surface area contributed by atoms with E-state index in [-0.39, 0.29) is 0 Å². The Morgan fingerprint density at radius 1 is 1.47 bits per heavy atom. The molecule has 1 aliphatic carbocycles. The molecule has 2 aromatic rings. The summed E-state index contributed by atoms with van der Waals surface area (Å²) in [5.41, 5.74) is 2.47. The second kappa shape index (κ2) is 4.86. The van der Waals surface area contributed by atoms with Crippen LogP contribution in [0.25, 0.3) is 11.0 Å². The average Bonchev–Trinajstić information content (AvgIpc) is 3.00. The van der Waals surface area contributed by atoms with E-state index in [9.17, 15) is 5.26 Å². The van der Waals surface area contributed by atoms with E-state index >= 15 is 0 Å². The lowest BCUT2D eigenvalue weighted by Crippen LogP contribution is -2.08. The van der Waals surface area contributed by atoms with Crippen LogP contribution in [0.3, 0.4) is 0 Å². The first-order valence-corrected chi connectivity index (χ1v) is 7.24. The first-order chi connectivity index (χ1) is 9.24. The van der Waals surface area contributed by atoms with Crippen LogP contribution < -0.4 is 0 Å². The van der Waals surface area contributed by atoms with Crippen LogP contribution in [0.5, 0.6) is 0 Å². The number of para-hydroxylation sites is 1. The van der Waals surface area contributed by atoms with Gasteiger partial charge in [-0.3, -0.25) is 0 Å². The van der Waals surface area contributed by atoms with Crippen LogP contribution in [-0.4, -0.2) is 9.55 Å². The number of nitriles is 1. The van der Waals surface area contributed by atoms with Gasteiger partial charge < -0.3 is 4.57 Å². The first kappa shape index (κ1) is 12.5. The molecule has 0 amide bonds. The minimum Gasteiger partial charge on any atom is -0.324 e. The van der Waals surface area contributed by atoms with E-state index in [0.717, 1.165) is 22.8 Å². The van der Waals surface area contributed by atoms with Gasteiger partial charge >= 0.3 is 0 Å². The maximum Gasteiger partial charge on any atom is 0.125 e. The fourth-order valence-corrected chi connectivity index (χ4v) is 3.36. The van der Waals surface area contributed by atoms with Crippen LogP contribution in [-0.2, 0) is 5.88 Å². The summed E-state index contributed by atoms with van der Waals surface area (Å²) in [6.07, 6.45) is 3.60. The number of imidazole rings is 1. The summed E-state index contributed by atoms with van der Waals surface area (Å²) in [5, 5.41) is 9.18. The average molecular weight is 274 g/mol. The summed E-state index contributed by atoms with van der Waals surface area (Å²) in [5.74, 6) is 2.04. The molecule has 0 N–H and O–H groups in total. The number of benzene rings is 1. The van der Waals surface area contributed by atoms with Crippen molar-refractivity contribution in [2.24, 2.45) is 5.92 Å². The zero-order valence-corrected chi connectivity index (χ0v) is 11.7. The summed E-state index contributed by atoms with van der Waals surface area (Å²) in [4.78, 5) is 4.58. The highest BCUT2D eigenvalue weighted by molar-refractivity contribution is 6.16. The van der Waals surface area contributed by atoms with Crippen LogP contribution in [0.15, 0.2) is 18.2 Å². The minimum atomic E-state index is 0.393. The molecule has 3 nitrogen and oxygen atoms in total. The van der Waals surface area contributed by atoms with E-state index in [1.165, 1.54) is 19.3 Å². The Hall–Kier alpha value is -1.53. The fourth-order valence-electron chi connectivity index (χ4n) is 3.17. The maximum atomic E-state index is 9.18. The maximum absolute atomic E-state index is 9.18. The summed E-state index contributed by atoms with van der Waals surface area (Å²) in [6, 6.07) is 8.47. The van der Waals surface area contributed by atoms with Crippen molar-refractivity contribution in [3.8, 4) is 6.07 Å². The van der Waals surface area contributed by atoms with Crippen molar-refractivity contribution < 1.29 is 0 Å². The molecule has 0 bridgehead atoms. The Balaban J connectivity index is 2.20. The molecule has 0 aliphatic heterocycles. The number of hydrogen-bond donors (Lipinski definition) is 0. The van der Waals surface area contributed by atoms with Gasteiger partial charge in [0.25, 0.3) is 0 Å². The second-order valence-corrected chi connectivity index (χ2v) is 5.66. The molecule has 3 rings (SSSR count). The number of nitrogens with zero attached hydrogens (tertiary/aromatic N) is 3. The van der Waals surface area contributed by atoms with Gasteiger partial charge in [0.15, 0.2) is 0 Å². The van der Waals surface area contributed by atoms with E-state index in [1.807, 2.05) is 18.2 Å². The number of halogens is 1. The van der Waals surface area contributed by atoms with Crippen molar-refractivity contribution >= 4 is 22.6 Å². The van der Waals surface area contributed by atoms with Crippen molar-refractivity contribution in [3.05, 3.63) is 29.6 Å². The Kier molecular flexibility index (Phi) is 3.20. The van der Waals surface area contributed by atoms with Crippen LogP contribution in [0, 0.1) is 17.2 Å². The van der Waals surface area contributed by atoms with E-state index in [4.69, 9.17) is 11.6 Å². The lowest BCUT2D eigenvalue weighted by Gasteiger charge is -2.15. The summed E-state index contributed by atoms with van der Waals surface area (Å²) in [6.45, 7) is 2.29. The van der Waals surface area contributed by atoms with Gasteiger partial charge in [-0.1, -0.05) is 13.0 Å². The molecule has 1 aliphatic rings. The monoisotopic (exact) mass is 273 g/mol. The molecule has 2 atom stereocenters. The van der Waals surface area contributed by atoms with Crippen LogP contribution >= 0.6 is 11.6 Å². The Bertz CT molecular complexity index is 653. The van der Waals surface area contributed by atoms with Gasteiger partial charge in [0.05, 0.1) is 17.0 Å². The topological polar surface area (TPSA) is 41.6 Å². The zero-order chi connectivity index (χ0) is 13.4. The Morgan fingerprint density at radius 3 is 2.95 bits per heavy atom. The fraction of sp³-hybridized carbons (Fsp3) is 0.467. The van der Waals surface area contributed by atoms with Crippen molar-refractivity contribution in [2.45, 2.75) is 38.1 Å². The molecule has 0 saturated heterocycles. The normalized spacial score (nSPS) is 22.8. The highest BCUT2D eigenvalue weighted by Crippen LogP contribution is 2.37. The number of rotatable bonds is 2. The predicted octanol–water partition coefficient (Wildman–Crippen LogP) is 4.01. The second-order valence-electron chi connectivity index (χ2n) is 5.39. The number of aromatic nitrogens is 2. The SMILES string of the molecule is CC1CCC(n2c(CCl)nc3c(C#N)cccc32)C1. The third kappa shape index (κ3) is 2.01. The first-order valence-electron chi connectivity index (χ1n) is 6.70. The van der Waals surface area contributed by atoms with Crippen molar-refractivity contribution in [2.75, 3.05) is 0 Å². The number of fused-ring (bicyclic) bond motifs is 1. The van der Waals surface area contributed by atoms with Crippen molar-refractivity contribution in [1.29, 1.82) is 5.26 Å². The minimum absolute atomic E-state index is 0.393. The number of hydrogen-bond acceptors (Lipinski definition) is 2. The summed E-state index contributed by atoms with van der Waals surface area (Å²) < 4.78 is 2.26. The largest absolute Gasteiger partial charge is 0.324 e. The molecule has 98 valence electrons. The molecule has 1 fully saturated rings. The van der Waals surface area contributed by atoms with Crippen molar-refractivity contribution in [1.82, 2.24) is 9.55 Å². The highest BCUT2D eigenvalue weighted by Gasteiger charge is 2.26. The zero-order valence-electron chi connectivity index (χ0n) is 10.9. The van der Waals surface area contributed by atoms with Crippen molar-refractivity contribution in [3.63, 3.8) is 0 Å². The molecule has 1 saturated carbocycles. The van der Waals surface area contributed by atoms with E-state index in [2.05, 4.69) is 22.5 Å². The van der Waals surface area contributed by atoms with Gasteiger partial charge in [-0.2, -0.15) is 5.26 Å². The summed E-state index contributed by atoms with van der Waals surface area (Å²) in [7, 11) is 0. The molecular weight excluding hydrogens is 258 g/mol. The standard InChI is InChI=1S/C15H16ClN3/c1-10-5-6-12(7-10)19-13-4-2-3-11(9-17)15(13)18-14(19)8-16/h2-4,10,12H,5-8H2,1H3. The van der Waals surface area contributed by atoms with Gasteiger partial charge in [0.1, 0.15) is 17.4 Å². The quantitative estimate of drug-likeness (QED) is 0.776.